The van der Waals surface area contributed by atoms with E-state index >= 15 is 0 Å². The van der Waals surface area contributed by atoms with Crippen molar-refractivity contribution in [3.05, 3.63) is 29.8 Å². The first-order valence-electron chi connectivity index (χ1n) is 6.57. The van der Waals surface area contributed by atoms with Crippen molar-refractivity contribution >= 4 is 0 Å². The van der Waals surface area contributed by atoms with Crippen LogP contribution in [0.5, 0.6) is 5.75 Å². The van der Waals surface area contributed by atoms with Crippen LogP contribution in [-0.4, -0.2) is 12.2 Å². The number of aliphatic hydroxyl groups is 1. The van der Waals surface area contributed by atoms with E-state index in [1.807, 2.05) is 24.3 Å². The number of ether oxygens (including phenoxy) is 1. The van der Waals surface area contributed by atoms with E-state index in [0.717, 1.165) is 30.1 Å². The molecule has 1 aromatic carbocycles. The van der Waals surface area contributed by atoms with Crippen LogP contribution in [0.3, 0.4) is 0 Å². The molecule has 0 amide bonds. The Balaban J connectivity index is 2.11. The first-order valence-corrected chi connectivity index (χ1v) is 6.57. The fourth-order valence-electron chi connectivity index (χ4n) is 2.94. The van der Waals surface area contributed by atoms with Gasteiger partial charge in [0.2, 0.25) is 0 Å². The second kappa shape index (κ2) is 5.54. The summed E-state index contributed by atoms with van der Waals surface area (Å²) in [6, 6.07) is 7.81. The van der Waals surface area contributed by atoms with Crippen LogP contribution in [0.4, 0.5) is 0 Å². The molecule has 0 heterocycles. The van der Waals surface area contributed by atoms with Crippen molar-refractivity contribution in [2.24, 2.45) is 11.8 Å². The summed E-state index contributed by atoms with van der Waals surface area (Å²) in [6.45, 7) is 2.24. The van der Waals surface area contributed by atoms with Crippen LogP contribution in [0.15, 0.2) is 24.3 Å². The van der Waals surface area contributed by atoms with Gasteiger partial charge in [0, 0.05) is 5.56 Å². The minimum atomic E-state index is -0.373. The summed E-state index contributed by atoms with van der Waals surface area (Å²) < 4.78 is 5.32. The van der Waals surface area contributed by atoms with E-state index in [1.165, 1.54) is 12.8 Å². The SMILES string of the molecule is CCC1CCC(C(O)c2ccccc2OC)C1. The molecule has 0 saturated heterocycles. The summed E-state index contributed by atoms with van der Waals surface area (Å²) in [5.41, 5.74) is 0.941. The van der Waals surface area contributed by atoms with Crippen molar-refractivity contribution in [3.63, 3.8) is 0 Å². The van der Waals surface area contributed by atoms with Gasteiger partial charge in [-0.1, -0.05) is 38.0 Å². The fourth-order valence-corrected chi connectivity index (χ4v) is 2.94. The third kappa shape index (κ3) is 2.63. The van der Waals surface area contributed by atoms with Crippen molar-refractivity contribution in [3.8, 4) is 5.75 Å². The Morgan fingerprint density at radius 1 is 1.35 bits per heavy atom. The molecule has 1 saturated carbocycles. The molecule has 2 heteroatoms. The van der Waals surface area contributed by atoms with Crippen LogP contribution in [0.25, 0.3) is 0 Å². The molecule has 1 fully saturated rings. The van der Waals surface area contributed by atoms with Crippen LogP contribution in [0.1, 0.15) is 44.3 Å². The molecule has 94 valence electrons. The fraction of sp³-hybridized carbons (Fsp3) is 0.600. The molecule has 2 rings (SSSR count). The molecule has 0 spiro atoms. The van der Waals surface area contributed by atoms with Gasteiger partial charge >= 0.3 is 0 Å². The summed E-state index contributed by atoms with van der Waals surface area (Å²) in [7, 11) is 1.66. The molecule has 2 nitrogen and oxygen atoms in total. The molecular formula is C15H22O2. The van der Waals surface area contributed by atoms with Crippen molar-refractivity contribution in [1.29, 1.82) is 0 Å². The molecular weight excluding hydrogens is 212 g/mol. The predicted octanol–water partition coefficient (Wildman–Crippen LogP) is 3.55. The van der Waals surface area contributed by atoms with Crippen LogP contribution in [0, 0.1) is 11.8 Å². The van der Waals surface area contributed by atoms with Crippen molar-refractivity contribution in [1.82, 2.24) is 0 Å². The average molecular weight is 234 g/mol. The lowest BCUT2D eigenvalue weighted by Crippen LogP contribution is -2.10. The van der Waals surface area contributed by atoms with Gasteiger partial charge in [0.05, 0.1) is 13.2 Å². The maximum atomic E-state index is 10.5. The zero-order chi connectivity index (χ0) is 12.3. The summed E-state index contributed by atoms with van der Waals surface area (Å²) in [6.07, 6.45) is 4.40. The number of benzene rings is 1. The van der Waals surface area contributed by atoms with Crippen LogP contribution in [0.2, 0.25) is 0 Å². The van der Waals surface area contributed by atoms with Gasteiger partial charge in [-0.15, -0.1) is 0 Å². The molecule has 3 unspecified atom stereocenters. The number of hydrogen-bond acceptors (Lipinski definition) is 2. The third-order valence-electron chi connectivity index (χ3n) is 4.06. The Morgan fingerprint density at radius 2 is 2.12 bits per heavy atom. The van der Waals surface area contributed by atoms with Gasteiger partial charge in [0.25, 0.3) is 0 Å². The minimum Gasteiger partial charge on any atom is -0.496 e. The molecule has 3 atom stereocenters. The molecule has 1 aliphatic rings. The highest BCUT2D eigenvalue weighted by molar-refractivity contribution is 5.35. The lowest BCUT2D eigenvalue weighted by molar-refractivity contribution is 0.106. The molecule has 0 radical (unpaired) electrons. The lowest BCUT2D eigenvalue weighted by Gasteiger charge is -2.20. The minimum absolute atomic E-state index is 0.373. The largest absolute Gasteiger partial charge is 0.496 e. The van der Waals surface area contributed by atoms with Gasteiger partial charge < -0.3 is 9.84 Å². The van der Waals surface area contributed by atoms with E-state index in [1.54, 1.807) is 7.11 Å². The Kier molecular flexibility index (Phi) is 4.06. The molecule has 1 N–H and O–H groups in total. The highest BCUT2D eigenvalue weighted by Crippen LogP contribution is 2.42. The van der Waals surface area contributed by atoms with Gasteiger partial charge in [-0.25, -0.2) is 0 Å². The maximum Gasteiger partial charge on any atom is 0.124 e. The molecule has 1 aliphatic carbocycles. The number of hydrogen-bond donors (Lipinski definition) is 1. The Labute approximate surface area is 104 Å². The molecule has 0 aromatic heterocycles. The lowest BCUT2D eigenvalue weighted by atomic mass is 9.92. The van der Waals surface area contributed by atoms with E-state index in [4.69, 9.17) is 4.74 Å². The van der Waals surface area contributed by atoms with E-state index in [-0.39, 0.29) is 6.10 Å². The molecule has 0 aliphatic heterocycles. The van der Waals surface area contributed by atoms with Crippen LogP contribution >= 0.6 is 0 Å². The predicted molar refractivity (Wildman–Crippen MR) is 69.1 cm³/mol. The van der Waals surface area contributed by atoms with Crippen molar-refractivity contribution in [2.75, 3.05) is 7.11 Å². The Bertz CT molecular complexity index is 362. The number of para-hydroxylation sites is 1. The summed E-state index contributed by atoms with van der Waals surface area (Å²) >= 11 is 0. The highest BCUT2D eigenvalue weighted by Gasteiger charge is 2.30. The van der Waals surface area contributed by atoms with Crippen LogP contribution in [-0.2, 0) is 0 Å². The van der Waals surface area contributed by atoms with Gasteiger partial charge in [-0.2, -0.15) is 0 Å². The third-order valence-corrected chi connectivity index (χ3v) is 4.06. The van der Waals surface area contributed by atoms with Gasteiger partial charge in [0.1, 0.15) is 5.75 Å². The number of aliphatic hydroxyl groups excluding tert-OH is 1. The van der Waals surface area contributed by atoms with Gasteiger partial charge in [0.15, 0.2) is 0 Å². The van der Waals surface area contributed by atoms with E-state index in [2.05, 4.69) is 6.92 Å². The normalized spacial score (nSPS) is 25.8. The second-order valence-electron chi connectivity index (χ2n) is 5.03. The number of methoxy groups -OCH3 is 1. The van der Waals surface area contributed by atoms with Crippen LogP contribution < -0.4 is 4.74 Å². The maximum absolute atomic E-state index is 10.5. The molecule has 0 bridgehead atoms. The standard InChI is InChI=1S/C15H22O2/c1-3-11-8-9-12(10-11)15(16)13-6-4-5-7-14(13)17-2/h4-7,11-12,15-16H,3,8-10H2,1-2H3. The van der Waals surface area contributed by atoms with E-state index in [0.29, 0.717) is 5.92 Å². The quantitative estimate of drug-likeness (QED) is 0.863. The highest BCUT2D eigenvalue weighted by atomic mass is 16.5. The zero-order valence-corrected chi connectivity index (χ0v) is 10.7. The monoisotopic (exact) mass is 234 g/mol. The zero-order valence-electron chi connectivity index (χ0n) is 10.7. The first-order chi connectivity index (χ1) is 8.26. The smallest absolute Gasteiger partial charge is 0.124 e. The van der Waals surface area contributed by atoms with Crippen molar-refractivity contribution < 1.29 is 9.84 Å². The summed E-state index contributed by atoms with van der Waals surface area (Å²) in [5.74, 6) is 2.00. The number of rotatable bonds is 4. The molecule has 17 heavy (non-hydrogen) atoms. The Hall–Kier alpha value is -1.02. The molecule has 1 aromatic rings. The summed E-state index contributed by atoms with van der Waals surface area (Å²) in [5, 5.41) is 10.5. The van der Waals surface area contributed by atoms with E-state index in [9.17, 15) is 5.11 Å². The van der Waals surface area contributed by atoms with E-state index < -0.39 is 0 Å². The topological polar surface area (TPSA) is 29.5 Å². The van der Waals surface area contributed by atoms with Gasteiger partial charge in [-0.05, 0) is 30.7 Å². The first kappa shape index (κ1) is 12.4. The van der Waals surface area contributed by atoms with Gasteiger partial charge in [-0.3, -0.25) is 0 Å². The Morgan fingerprint density at radius 3 is 2.76 bits per heavy atom. The average Bonchev–Trinajstić information content (AvgIpc) is 2.86. The van der Waals surface area contributed by atoms with Crippen molar-refractivity contribution in [2.45, 2.75) is 38.7 Å². The summed E-state index contributed by atoms with van der Waals surface area (Å²) in [4.78, 5) is 0. The second-order valence-corrected chi connectivity index (χ2v) is 5.03.